The number of benzene rings is 1. The van der Waals surface area contributed by atoms with Crippen molar-refractivity contribution in [3.63, 3.8) is 0 Å². The van der Waals surface area contributed by atoms with Gasteiger partial charge in [-0.25, -0.2) is 0 Å². The summed E-state index contributed by atoms with van der Waals surface area (Å²) in [5.74, 6) is 2.45. The summed E-state index contributed by atoms with van der Waals surface area (Å²) in [6.45, 7) is 2.40. The molecule has 1 N–H and O–H groups in total. The van der Waals surface area contributed by atoms with Crippen molar-refractivity contribution in [3.05, 3.63) is 23.8 Å². The van der Waals surface area contributed by atoms with E-state index in [0.717, 1.165) is 17.7 Å². The SMILES string of the molecule is COc1cc(/C(C)=N/O)ccc1OCCCSC. The van der Waals surface area contributed by atoms with Crippen molar-refractivity contribution < 1.29 is 14.7 Å². The van der Waals surface area contributed by atoms with Crippen LogP contribution in [0.3, 0.4) is 0 Å². The van der Waals surface area contributed by atoms with E-state index in [1.165, 1.54) is 0 Å². The highest BCUT2D eigenvalue weighted by Gasteiger charge is 2.07. The zero-order valence-corrected chi connectivity index (χ0v) is 11.8. The molecular weight excluding hydrogens is 250 g/mol. The van der Waals surface area contributed by atoms with Gasteiger partial charge in [0.25, 0.3) is 0 Å². The molecule has 0 unspecified atom stereocenters. The van der Waals surface area contributed by atoms with E-state index in [2.05, 4.69) is 11.4 Å². The molecular formula is C13H19NO3S. The maximum Gasteiger partial charge on any atom is 0.161 e. The molecule has 0 aliphatic heterocycles. The van der Waals surface area contributed by atoms with E-state index in [4.69, 9.17) is 14.7 Å². The van der Waals surface area contributed by atoms with Gasteiger partial charge in [-0.1, -0.05) is 5.16 Å². The minimum atomic E-state index is 0.544. The number of nitrogens with zero attached hydrogens (tertiary/aromatic N) is 1. The lowest BCUT2D eigenvalue weighted by molar-refractivity contribution is 0.295. The zero-order valence-electron chi connectivity index (χ0n) is 11.0. The summed E-state index contributed by atoms with van der Waals surface area (Å²) >= 11 is 1.80. The van der Waals surface area contributed by atoms with E-state index in [1.54, 1.807) is 31.9 Å². The summed E-state index contributed by atoms with van der Waals surface area (Å²) in [6, 6.07) is 5.49. The Bertz CT molecular complexity index is 407. The highest BCUT2D eigenvalue weighted by Crippen LogP contribution is 2.28. The van der Waals surface area contributed by atoms with Gasteiger partial charge in [-0.2, -0.15) is 11.8 Å². The van der Waals surface area contributed by atoms with Crippen LogP contribution in [0.2, 0.25) is 0 Å². The van der Waals surface area contributed by atoms with E-state index in [9.17, 15) is 0 Å². The summed E-state index contributed by atoms with van der Waals surface area (Å²) in [6.07, 6.45) is 3.08. The molecule has 0 spiro atoms. The van der Waals surface area contributed by atoms with Gasteiger partial charge in [-0.15, -0.1) is 0 Å². The number of hydrogen-bond donors (Lipinski definition) is 1. The van der Waals surface area contributed by atoms with Crippen LogP contribution in [-0.4, -0.2) is 36.6 Å². The summed E-state index contributed by atoms with van der Waals surface area (Å²) in [7, 11) is 1.60. The first-order chi connectivity index (χ1) is 8.72. The topological polar surface area (TPSA) is 51.0 Å². The smallest absolute Gasteiger partial charge is 0.161 e. The van der Waals surface area contributed by atoms with E-state index in [1.807, 2.05) is 12.1 Å². The number of thioether (sulfide) groups is 1. The third-order valence-corrected chi connectivity index (χ3v) is 3.18. The van der Waals surface area contributed by atoms with Crippen molar-refractivity contribution in [1.29, 1.82) is 0 Å². The number of ether oxygens (including phenoxy) is 2. The monoisotopic (exact) mass is 269 g/mol. The molecule has 0 amide bonds. The fourth-order valence-corrected chi connectivity index (χ4v) is 1.86. The predicted octanol–water partition coefficient (Wildman–Crippen LogP) is 3.03. The van der Waals surface area contributed by atoms with Crippen molar-refractivity contribution in [2.75, 3.05) is 25.7 Å². The molecule has 100 valence electrons. The Kier molecular flexibility index (Phi) is 6.43. The van der Waals surface area contributed by atoms with Crippen LogP contribution in [0.5, 0.6) is 11.5 Å². The number of hydrogen-bond acceptors (Lipinski definition) is 5. The lowest BCUT2D eigenvalue weighted by atomic mass is 10.1. The first-order valence-electron chi connectivity index (χ1n) is 5.71. The van der Waals surface area contributed by atoms with Crippen LogP contribution in [0.15, 0.2) is 23.4 Å². The normalized spacial score (nSPS) is 11.4. The third kappa shape index (κ3) is 4.14. The van der Waals surface area contributed by atoms with Gasteiger partial charge in [0.15, 0.2) is 11.5 Å². The Balaban J connectivity index is 2.74. The molecule has 5 heteroatoms. The molecule has 0 aliphatic rings. The standard InChI is InChI=1S/C13H19NO3S/c1-10(14-15)11-5-6-12(13(9-11)16-2)17-7-4-8-18-3/h5-6,9,15H,4,7-8H2,1-3H3/b14-10+. The second-order valence-corrected chi connectivity index (χ2v) is 4.73. The molecule has 1 rings (SSSR count). The van der Waals surface area contributed by atoms with Crippen molar-refractivity contribution in [3.8, 4) is 11.5 Å². The van der Waals surface area contributed by atoms with Crippen LogP contribution in [0, 0.1) is 0 Å². The summed E-state index contributed by atoms with van der Waals surface area (Å²) in [4.78, 5) is 0. The van der Waals surface area contributed by atoms with Crippen LogP contribution in [0.1, 0.15) is 18.9 Å². The van der Waals surface area contributed by atoms with Crippen molar-refractivity contribution in [2.24, 2.45) is 5.16 Å². The van der Waals surface area contributed by atoms with Crippen LogP contribution in [0.4, 0.5) is 0 Å². The Labute approximate surface area is 112 Å². The Hall–Kier alpha value is -1.36. The average molecular weight is 269 g/mol. The van der Waals surface area contributed by atoms with Gasteiger partial charge in [0, 0.05) is 5.56 Å². The Morgan fingerprint density at radius 3 is 2.78 bits per heavy atom. The van der Waals surface area contributed by atoms with Crippen LogP contribution in [0.25, 0.3) is 0 Å². The number of methoxy groups -OCH3 is 1. The lowest BCUT2D eigenvalue weighted by Crippen LogP contribution is -2.02. The molecule has 4 nitrogen and oxygen atoms in total. The highest BCUT2D eigenvalue weighted by molar-refractivity contribution is 7.98. The van der Waals surface area contributed by atoms with Crippen molar-refractivity contribution >= 4 is 17.5 Å². The van der Waals surface area contributed by atoms with Gasteiger partial charge in [0.05, 0.1) is 19.4 Å². The maximum atomic E-state index is 8.74. The van der Waals surface area contributed by atoms with Crippen molar-refractivity contribution in [2.45, 2.75) is 13.3 Å². The molecule has 1 aromatic carbocycles. The molecule has 0 radical (unpaired) electrons. The van der Waals surface area contributed by atoms with Crippen LogP contribution >= 0.6 is 11.8 Å². The minimum absolute atomic E-state index is 0.544. The lowest BCUT2D eigenvalue weighted by Gasteiger charge is -2.11. The van der Waals surface area contributed by atoms with Crippen molar-refractivity contribution in [1.82, 2.24) is 0 Å². The van der Waals surface area contributed by atoms with Gasteiger partial charge < -0.3 is 14.7 Å². The Morgan fingerprint density at radius 2 is 2.17 bits per heavy atom. The molecule has 0 atom stereocenters. The van der Waals surface area contributed by atoms with Gasteiger partial charge >= 0.3 is 0 Å². The molecule has 1 aromatic rings. The first-order valence-corrected chi connectivity index (χ1v) is 7.11. The predicted molar refractivity (Wildman–Crippen MR) is 75.5 cm³/mol. The second-order valence-electron chi connectivity index (χ2n) is 3.75. The molecule has 0 heterocycles. The zero-order chi connectivity index (χ0) is 13.4. The molecule has 18 heavy (non-hydrogen) atoms. The summed E-state index contributed by atoms with van der Waals surface area (Å²) in [5.41, 5.74) is 1.35. The summed E-state index contributed by atoms with van der Waals surface area (Å²) in [5, 5.41) is 11.9. The van der Waals surface area contributed by atoms with E-state index < -0.39 is 0 Å². The number of rotatable bonds is 7. The molecule has 0 fully saturated rings. The largest absolute Gasteiger partial charge is 0.493 e. The fraction of sp³-hybridized carbons (Fsp3) is 0.462. The van der Waals surface area contributed by atoms with Crippen LogP contribution in [-0.2, 0) is 0 Å². The number of oxime groups is 1. The quantitative estimate of drug-likeness (QED) is 0.358. The van der Waals surface area contributed by atoms with E-state index in [0.29, 0.717) is 23.8 Å². The second kappa shape index (κ2) is 7.87. The fourth-order valence-electron chi connectivity index (χ4n) is 1.46. The first kappa shape index (κ1) is 14.7. The van der Waals surface area contributed by atoms with E-state index in [-0.39, 0.29) is 0 Å². The van der Waals surface area contributed by atoms with Gasteiger partial charge in [0.1, 0.15) is 0 Å². The molecule has 0 aromatic heterocycles. The summed E-state index contributed by atoms with van der Waals surface area (Å²) < 4.78 is 10.9. The third-order valence-electron chi connectivity index (χ3n) is 2.48. The Morgan fingerprint density at radius 1 is 1.39 bits per heavy atom. The maximum absolute atomic E-state index is 8.74. The molecule has 0 saturated heterocycles. The van der Waals surface area contributed by atoms with Gasteiger partial charge in [-0.3, -0.25) is 0 Å². The highest BCUT2D eigenvalue weighted by atomic mass is 32.2. The molecule has 0 bridgehead atoms. The molecule has 0 saturated carbocycles. The van der Waals surface area contributed by atoms with Gasteiger partial charge in [-0.05, 0) is 43.6 Å². The van der Waals surface area contributed by atoms with Gasteiger partial charge in [0.2, 0.25) is 0 Å². The molecule has 0 aliphatic carbocycles. The minimum Gasteiger partial charge on any atom is -0.493 e. The van der Waals surface area contributed by atoms with Crippen LogP contribution < -0.4 is 9.47 Å². The van der Waals surface area contributed by atoms with E-state index >= 15 is 0 Å². The average Bonchev–Trinajstić information content (AvgIpc) is 2.42.